The summed E-state index contributed by atoms with van der Waals surface area (Å²) in [6, 6.07) is 16.7. The Morgan fingerprint density at radius 2 is 1.96 bits per heavy atom. The van der Waals surface area contributed by atoms with Gasteiger partial charge in [0, 0.05) is 24.0 Å². The van der Waals surface area contributed by atoms with Crippen LogP contribution >= 0.6 is 11.6 Å². The first-order valence-electron chi connectivity index (χ1n) is 8.20. The number of fused-ring (bicyclic) bond motifs is 1. The van der Waals surface area contributed by atoms with Crippen LogP contribution in [0.1, 0.15) is 15.9 Å². The van der Waals surface area contributed by atoms with E-state index < -0.39 is 0 Å². The van der Waals surface area contributed by atoms with Gasteiger partial charge in [0.25, 0.3) is 5.91 Å². The summed E-state index contributed by atoms with van der Waals surface area (Å²) >= 11 is 5.92. The van der Waals surface area contributed by atoms with Gasteiger partial charge in [0.05, 0.1) is 12.6 Å². The molecule has 3 rings (SSSR count). The van der Waals surface area contributed by atoms with Crippen LogP contribution in [0.5, 0.6) is 5.75 Å². The second-order valence-electron chi connectivity index (χ2n) is 5.86. The highest BCUT2D eigenvalue weighted by Gasteiger charge is 2.16. The summed E-state index contributed by atoms with van der Waals surface area (Å²) in [5.74, 6) is 0.730. The van der Waals surface area contributed by atoms with Crippen molar-refractivity contribution in [3.05, 3.63) is 83.5 Å². The normalized spacial score (nSPS) is 10.5. The Labute approximate surface area is 157 Å². The van der Waals surface area contributed by atoms with Crippen LogP contribution in [-0.4, -0.2) is 29.4 Å². The van der Waals surface area contributed by atoms with Crippen molar-refractivity contribution in [3.8, 4) is 5.75 Å². The van der Waals surface area contributed by atoms with Gasteiger partial charge in [0.1, 0.15) is 10.9 Å². The lowest BCUT2D eigenvalue weighted by atomic mass is 10.1. The van der Waals surface area contributed by atoms with Gasteiger partial charge >= 0.3 is 0 Å². The van der Waals surface area contributed by atoms with Crippen LogP contribution < -0.4 is 4.74 Å². The molecule has 1 aromatic heterocycles. The van der Waals surface area contributed by atoms with E-state index in [0.717, 1.165) is 22.2 Å². The lowest BCUT2D eigenvalue weighted by molar-refractivity contribution is 0.0763. The average Bonchev–Trinajstić information content (AvgIpc) is 2.67. The van der Waals surface area contributed by atoms with Gasteiger partial charge in [-0.2, -0.15) is 0 Å². The van der Waals surface area contributed by atoms with Crippen molar-refractivity contribution in [3.63, 3.8) is 0 Å². The van der Waals surface area contributed by atoms with Crippen molar-refractivity contribution in [2.75, 3.05) is 13.7 Å². The number of hydrogen-bond acceptors (Lipinski definition) is 3. The molecular formula is C21H19ClN2O2. The lowest BCUT2D eigenvalue weighted by Gasteiger charge is -2.21. The molecule has 1 amide bonds. The van der Waals surface area contributed by atoms with E-state index in [-0.39, 0.29) is 5.91 Å². The number of methoxy groups -OCH3 is 1. The highest BCUT2D eigenvalue weighted by Crippen LogP contribution is 2.19. The number of hydrogen-bond donors (Lipinski definition) is 0. The summed E-state index contributed by atoms with van der Waals surface area (Å²) in [6.07, 6.45) is 1.73. The predicted octanol–water partition coefficient (Wildman–Crippen LogP) is 4.73. The summed E-state index contributed by atoms with van der Waals surface area (Å²) < 4.78 is 5.18. The standard InChI is InChI=1S/C21H19ClN2O2/c1-3-12-24(14-15-4-8-18(26-2)9-5-15)21(25)17-6-10-19-16(13-17)7-11-20(22)23-19/h3-11,13H,1,12,14H2,2H3. The molecule has 0 N–H and O–H groups in total. The van der Waals surface area contributed by atoms with Crippen LogP contribution in [0.15, 0.2) is 67.3 Å². The van der Waals surface area contributed by atoms with Crippen molar-refractivity contribution >= 4 is 28.4 Å². The molecule has 0 bridgehead atoms. The third-order valence-corrected chi connectivity index (χ3v) is 4.28. The van der Waals surface area contributed by atoms with E-state index >= 15 is 0 Å². The third-order valence-electron chi connectivity index (χ3n) is 4.07. The molecule has 26 heavy (non-hydrogen) atoms. The fourth-order valence-electron chi connectivity index (χ4n) is 2.74. The quantitative estimate of drug-likeness (QED) is 0.468. The van der Waals surface area contributed by atoms with Crippen LogP contribution in [0.2, 0.25) is 5.15 Å². The van der Waals surface area contributed by atoms with Gasteiger partial charge in [-0.1, -0.05) is 29.8 Å². The number of rotatable bonds is 6. The van der Waals surface area contributed by atoms with Gasteiger partial charge in [0.15, 0.2) is 0 Å². The zero-order valence-electron chi connectivity index (χ0n) is 14.5. The van der Waals surface area contributed by atoms with E-state index in [0.29, 0.717) is 23.8 Å². The molecule has 4 nitrogen and oxygen atoms in total. The van der Waals surface area contributed by atoms with Crippen LogP contribution in [0.4, 0.5) is 0 Å². The Kier molecular flexibility index (Phi) is 5.54. The van der Waals surface area contributed by atoms with Crippen LogP contribution in [-0.2, 0) is 6.54 Å². The maximum atomic E-state index is 13.0. The van der Waals surface area contributed by atoms with Gasteiger partial charge in [-0.3, -0.25) is 4.79 Å². The average molecular weight is 367 g/mol. The number of carbonyl (C=O) groups excluding carboxylic acids is 1. The molecule has 0 saturated heterocycles. The number of nitrogens with zero attached hydrogens (tertiary/aromatic N) is 2. The number of aromatic nitrogens is 1. The van der Waals surface area contributed by atoms with Crippen LogP contribution in [0, 0.1) is 0 Å². The zero-order valence-corrected chi connectivity index (χ0v) is 15.2. The fraction of sp³-hybridized carbons (Fsp3) is 0.143. The molecule has 5 heteroatoms. The number of halogens is 1. The number of ether oxygens (including phenoxy) is 1. The Bertz CT molecular complexity index is 938. The Morgan fingerprint density at radius 1 is 1.19 bits per heavy atom. The van der Waals surface area contributed by atoms with Crippen molar-refractivity contribution in [1.82, 2.24) is 9.88 Å². The van der Waals surface area contributed by atoms with E-state index in [1.165, 1.54) is 0 Å². The van der Waals surface area contributed by atoms with Crippen molar-refractivity contribution < 1.29 is 9.53 Å². The summed E-state index contributed by atoms with van der Waals surface area (Å²) in [6.45, 7) is 4.72. The first-order chi connectivity index (χ1) is 12.6. The summed E-state index contributed by atoms with van der Waals surface area (Å²) in [4.78, 5) is 19.0. The van der Waals surface area contributed by atoms with Gasteiger partial charge in [-0.15, -0.1) is 6.58 Å². The number of pyridine rings is 1. The van der Waals surface area contributed by atoms with Gasteiger partial charge in [-0.05, 0) is 48.0 Å². The summed E-state index contributed by atoms with van der Waals surface area (Å²) in [7, 11) is 1.63. The molecule has 0 atom stereocenters. The van der Waals surface area contributed by atoms with Crippen LogP contribution in [0.3, 0.4) is 0 Å². The second-order valence-corrected chi connectivity index (χ2v) is 6.25. The SMILES string of the molecule is C=CCN(Cc1ccc(OC)cc1)C(=O)c1ccc2nc(Cl)ccc2c1. The van der Waals surface area contributed by atoms with Gasteiger partial charge in [-0.25, -0.2) is 4.98 Å². The molecule has 132 valence electrons. The smallest absolute Gasteiger partial charge is 0.254 e. The summed E-state index contributed by atoms with van der Waals surface area (Å²) in [5.41, 5.74) is 2.40. The molecule has 3 aromatic rings. The number of amides is 1. The molecule has 0 radical (unpaired) electrons. The highest BCUT2D eigenvalue weighted by molar-refractivity contribution is 6.29. The topological polar surface area (TPSA) is 42.4 Å². The van der Waals surface area contributed by atoms with Crippen molar-refractivity contribution in [2.24, 2.45) is 0 Å². The van der Waals surface area contributed by atoms with Crippen molar-refractivity contribution in [1.29, 1.82) is 0 Å². The molecule has 2 aromatic carbocycles. The van der Waals surface area contributed by atoms with E-state index in [1.807, 2.05) is 42.5 Å². The largest absolute Gasteiger partial charge is 0.497 e. The molecule has 0 aliphatic carbocycles. The maximum absolute atomic E-state index is 13.0. The maximum Gasteiger partial charge on any atom is 0.254 e. The van der Waals surface area contributed by atoms with Crippen LogP contribution in [0.25, 0.3) is 10.9 Å². The molecule has 1 heterocycles. The minimum Gasteiger partial charge on any atom is -0.497 e. The molecule has 0 unspecified atom stereocenters. The first-order valence-corrected chi connectivity index (χ1v) is 8.58. The monoisotopic (exact) mass is 366 g/mol. The third kappa shape index (κ3) is 4.03. The molecule has 0 aliphatic rings. The van der Waals surface area contributed by atoms with Gasteiger partial charge < -0.3 is 9.64 Å². The lowest BCUT2D eigenvalue weighted by Crippen LogP contribution is -2.30. The molecule has 0 aliphatic heterocycles. The van der Waals surface area contributed by atoms with Crippen molar-refractivity contribution in [2.45, 2.75) is 6.54 Å². The summed E-state index contributed by atoms with van der Waals surface area (Å²) in [5, 5.41) is 1.31. The highest BCUT2D eigenvalue weighted by atomic mass is 35.5. The Balaban J connectivity index is 1.85. The molecular weight excluding hydrogens is 348 g/mol. The second kappa shape index (κ2) is 8.02. The molecule has 0 spiro atoms. The minimum absolute atomic E-state index is 0.0578. The first kappa shape index (κ1) is 18.0. The van der Waals surface area contributed by atoms with E-state index in [2.05, 4.69) is 11.6 Å². The minimum atomic E-state index is -0.0578. The number of benzene rings is 2. The van der Waals surface area contributed by atoms with E-state index in [1.54, 1.807) is 30.2 Å². The Hall–Kier alpha value is -2.85. The van der Waals surface area contributed by atoms with E-state index in [4.69, 9.17) is 16.3 Å². The molecule has 0 saturated carbocycles. The number of carbonyl (C=O) groups is 1. The zero-order chi connectivity index (χ0) is 18.5. The predicted molar refractivity (Wildman–Crippen MR) is 105 cm³/mol. The molecule has 0 fully saturated rings. The Morgan fingerprint density at radius 3 is 2.65 bits per heavy atom. The van der Waals surface area contributed by atoms with E-state index in [9.17, 15) is 4.79 Å². The fourth-order valence-corrected chi connectivity index (χ4v) is 2.90. The van der Waals surface area contributed by atoms with Gasteiger partial charge in [0.2, 0.25) is 0 Å².